The van der Waals surface area contributed by atoms with Crippen molar-refractivity contribution in [3.8, 4) is 5.75 Å². The molecule has 0 radical (unpaired) electrons. The summed E-state index contributed by atoms with van der Waals surface area (Å²) < 4.78 is 0. The van der Waals surface area contributed by atoms with Crippen LogP contribution in [0.2, 0.25) is 5.02 Å². The Balaban J connectivity index is 2.09. The minimum atomic E-state index is -0.110. The molecule has 0 aromatic heterocycles. The summed E-state index contributed by atoms with van der Waals surface area (Å²) >= 11 is 6.05. The molecule has 3 aromatic carbocycles. The Morgan fingerprint density at radius 3 is 2.21 bits per heavy atom. The Bertz CT molecular complexity index is 881. The number of phenolic OH excluding ortho intramolecular Hbond substituents is 1. The molecule has 0 amide bonds. The van der Waals surface area contributed by atoms with Gasteiger partial charge in [-0.25, -0.2) is 0 Å². The molecule has 3 heteroatoms. The number of ketones is 1. The van der Waals surface area contributed by atoms with Crippen LogP contribution in [0.1, 0.15) is 21.5 Å². The molecule has 0 spiro atoms. The van der Waals surface area contributed by atoms with Crippen LogP contribution >= 0.6 is 11.6 Å². The van der Waals surface area contributed by atoms with Gasteiger partial charge < -0.3 is 5.11 Å². The van der Waals surface area contributed by atoms with Gasteiger partial charge in [0.05, 0.1) is 0 Å². The summed E-state index contributed by atoms with van der Waals surface area (Å²) in [6.07, 6.45) is 1.83. The van der Waals surface area contributed by atoms with Crippen LogP contribution in [0.15, 0.2) is 78.9 Å². The molecule has 24 heavy (non-hydrogen) atoms. The fraction of sp³-hybridized carbons (Fsp3) is 0. The van der Waals surface area contributed by atoms with Crippen molar-refractivity contribution >= 4 is 29.0 Å². The minimum absolute atomic E-state index is 0.110. The van der Waals surface area contributed by atoms with E-state index in [2.05, 4.69) is 0 Å². The van der Waals surface area contributed by atoms with Crippen molar-refractivity contribution in [2.75, 3.05) is 0 Å². The van der Waals surface area contributed by atoms with E-state index in [1.165, 1.54) is 12.1 Å². The molecule has 0 bridgehead atoms. The second-order valence-corrected chi connectivity index (χ2v) is 5.79. The van der Waals surface area contributed by atoms with Crippen LogP contribution < -0.4 is 0 Å². The second-order valence-electron chi connectivity index (χ2n) is 5.36. The zero-order chi connectivity index (χ0) is 16.9. The summed E-state index contributed by atoms with van der Waals surface area (Å²) in [5, 5.41) is 10.0. The molecule has 0 aliphatic heterocycles. The average molecular weight is 335 g/mol. The SMILES string of the molecule is O=C(C(=Cc1cccc(Cl)c1)c1ccccc1)c1ccc(O)cc1. The monoisotopic (exact) mass is 334 g/mol. The van der Waals surface area contributed by atoms with Crippen LogP contribution in [0.4, 0.5) is 0 Å². The smallest absolute Gasteiger partial charge is 0.193 e. The lowest BCUT2D eigenvalue weighted by atomic mass is 9.95. The molecule has 0 heterocycles. The van der Waals surface area contributed by atoms with E-state index in [1.807, 2.05) is 54.6 Å². The van der Waals surface area contributed by atoms with Gasteiger partial charge in [-0.2, -0.15) is 0 Å². The summed E-state index contributed by atoms with van der Waals surface area (Å²) in [7, 11) is 0. The molecule has 0 fully saturated rings. The van der Waals surface area contributed by atoms with E-state index in [0.717, 1.165) is 11.1 Å². The molecular weight excluding hydrogens is 320 g/mol. The van der Waals surface area contributed by atoms with E-state index in [-0.39, 0.29) is 11.5 Å². The van der Waals surface area contributed by atoms with Crippen molar-refractivity contribution in [3.63, 3.8) is 0 Å². The van der Waals surface area contributed by atoms with Crippen molar-refractivity contribution in [1.82, 2.24) is 0 Å². The van der Waals surface area contributed by atoms with E-state index in [9.17, 15) is 9.90 Å². The third-order valence-electron chi connectivity index (χ3n) is 3.62. The van der Waals surface area contributed by atoms with Crippen LogP contribution in [-0.2, 0) is 0 Å². The number of phenols is 1. The van der Waals surface area contributed by atoms with E-state index in [1.54, 1.807) is 18.2 Å². The highest BCUT2D eigenvalue weighted by atomic mass is 35.5. The first-order valence-corrected chi connectivity index (χ1v) is 7.88. The van der Waals surface area contributed by atoms with Crippen LogP contribution in [0, 0.1) is 0 Å². The summed E-state index contributed by atoms with van der Waals surface area (Å²) in [5.74, 6) is 0.0211. The molecule has 1 N–H and O–H groups in total. The standard InChI is InChI=1S/C21H15ClO2/c22-18-8-4-5-15(13-18)14-20(16-6-2-1-3-7-16)21(24)17-9-11-19(23)12-10-17/h1-14,23H. The maximum absolute atomic E-state index is 13.0. The maximum atomic E-state index is 13.0. The number of aromatic hydroxyl groups is 1. The molecular formula is C21H15ClO2. The first kappa shape index (κ1) is 16.0. The second kappa shape index (κ2) is 7.16. The number of Topliss-reactive ketones (excluding diaryl/α,β-unsaturated/α-hetero) is 1. The fourth-order valence-corrected chi connectivity index (χ4v) is 2.63. The molecule has 0 aliphatic carbocycles. The van der Waals surface area contributed by atoms with E-state index in [4.69, 9.17) is 11.6 Å². The lowest BCUT2D eigenvalue weighted by Gasteiger charge is -2.08. The Labute approximate surface area is 145 Å². The zero-order valence-electron chi connectivity index (χ0n) is 12.8. The van der Waals surface area contributed by atoms with E-state index in [0.29, 0.717) is 16.2 Å². The van der Waals surface area contributed by atoms with E-state index < -0.39 is 0 Å². The fourth-order valence-electron chi connectivity index (χ4n) is 2.43. The minimum Gasteiger partial charge on any atom is -0.508 e. The summed E-state index contributed by atoms with van der Waals surface area (Å²) in [4.78, 5) is 13.0. The first-order chi connectivity index (χ1) is 11.6. The molecule has 2 nitrogen and oxygen atoms in total. The van der Waals surface area contributed by atoms with Gasteiger partial charge >= 0.3 is 0 Å². The highest BCUT2D eigenvalue weighted by Crippen LogP contribution is 2.24. The van der Waals surface area contributed by atoms with Crippen LogP contribution in [-0.4, -0.2) is 10.9 Å². The summed E-state index contributed by atoms with van der Waals surface area (Å²) in [6, 6.07) is 23.1. The number of rotatable bonds is 4. The lowest BCUT2D eigenvalue weighted by molar-refractivity contribution is 0.105. The number of benzene rings is 3. The van der Waals surface area contributed by atoms with Crippen molar-refractivity contribution in [2.45, 2.75) is 0 Å². The van der Waals surface area contributed by atoms with Crippen molar-refractivity contribution in [1.29, 1.82) is 0 Å². The first-order valence-electron chi connectivity index (χ1n) is 7.50. The molecule has 118 valence electrons. The Morgan fingerprint density at radius 2 is 1.54 bits per heavy atom. The quantitative estimate of drug-likeness (QED) is 0.390. The molecule has 0 unspecified atom stereocenters. The van der Waals surface area contributed by atoms with Gasteiger partial charge in [-0.3, -0.25) is 4.79 Å². The van der Waals surface area contributed by atoms with Crippen molar-refractivity contribution < 1.29 is 9.90 Å². The molecule has 3 rings (SSSR count). The average Bonchev–Trinajstić information content (AvgIpc) is 2.61. The molecule has 0 saturated carbocycles. The van der Waals surface area contributed by atoms with Crippen LogP contribution in [0.25, 0.3) is 11.6 Å². The maximum Gasteiger partial charge on any atom is 0.193 e. The van der Waals surface area contributed by atoms with Crippen LogP contribution in [0.3, 0.4) is 0 Å². The predicted molar refractivity (Wildman–Crippen MR) is 98.2 cm³/mol. The number of carbonyl (C=O) groups excluding carboxylic acids is 1. The van der Waals surface area contributed by atoms with Gasteiger partial charge in [0.15, 0.2) is 5.78 Å². The van der Waals surface area contributed by atoms with Gasteiger partial charge in [0.2, 0.25) is 0 Å². The summed E-state index contributed by atoms with van der Waals surface area (Å²) in [5.41, 5.74) is 2.78. The van der Waals surface area contributed by atoms with Gasteiger partial charge in [-0.15, -0.1) is 0 Å². The predicted octanol–water partition coefficient (Wildman–Crippen LogP) is 5.47. The Kier molecular flexibility index (Phi) is 4.78. The number of hydrogen-bond donors (Lipinski definition) is 1. The number of allylic oxidation sites excluding steroid dienone is 1. The number of halogens is 1. The third-order valence-corrected chi connectivity index (χ3v) is 3.85. The van der Waals surface area contributed by atoms with Gasteiger partial charge in [0.25, 0.3) is 0 Å². The molecule has 0 aliphatic rings. The highest BCUT2D eigenvalue weighted by molar-refractivity contribution is 6.33. The number of hydrogen-bond acceptors (Lipinski definition) is 2. The summed E-state index contributed by atoms with van der Waals surface area (Å²) in [6.45, 7) is 0. The Morgan fingerprint density at radius 1 is 0.833 bits per heavy atom. The largest absolute Gasteiger partial charge is 0.508 e. The Hall–Kier alpha value is -2.84. The zero-order valence-corrected chi connectivity index (χ0v) is 13.6. The van der Waals surface area contributed by atoms with Gasteiger partial charge in [0.1, 0.15) is 5.75 Å². The molecule has 0 saturated heterocycles. The molecule has 3 aromatic rings. The topological polar surface area (TPSA) is 37.3 Å². The van der Waals surface area contributed by atoms with Crippen molar-refractivity contribution in [2.24, 2.45) is 0 Å². The lowest BCUT2D eigenvalue weighted by Crippen LogP contribution is -2.02. The van der Waals surface area contributed by atoms with Gasteiger partial charge in [-0.05, 0) is 53.6 Å². The third kappa shape index (κ3) is 3.73. The van der Waals surface area contributed by atoms with Crippen molar-refractivity contribution in [3.05, 3.63) is 101 Å². The highest BCUT2D eigenvalue weighted by Gasteiger charge is 2.14. The van der Waals surface area contributed by atoms with E-state index >= 15 is 0 Å². The number of carbonyl (C=O) groups is 1. The normalized spacial score (nSPS) is 11.3. The van der Waals surface area contributed by atoms with Gasteiger partial charge in [0, 0.05) is 16.2 Å². The van der Waals surface area contributed by atoms with Crippen LogP contribution in [0.5, 0.6) is 5.75 Å². The molecule has 0 atom stereocenters. The van der Waals surface area contributed by atoms with Gasteiger partial charge in [-0.1, -0.05) is 54.1 Å².